The van der Waals surface area contributed by atoms with Gasteiger partial charge in [-0.3, -0.25) is 14.4 Å². The summed E-state index contributed by atoms with van der Waals surface area (Å²) in [6.45, 7) is 0.924. The fraction of sp³-hybridized carbons (Fsp3) is 0.500. The Morgan fingerprint density at radius 1 is 1.24 bits per heavy atom. The second-order valence-corrected chi connectivity index (χ2v) is 6.98. The molecule has 1 unspecified atom stereocenters. The molecular weight excluding hydrogens is 340 g/mol. The van der Waals surface area contributed by atoms with Crippen LogP contribution in [0.4, 0.5) is 5.69 Å². The number of aliphatic carboxylic acids is 1. The zero-order chi connectivity index (χ0) is 18.2. The number of hydrogen-bond donors (Lipinski definition) is 2. The zero-order valence-corrected chi connectivity index (χ0v) is 15.2. The van der Waals surface area contributed by atoms with Crippen LogP contribution in [0.15, 0.2) is 29.2 Å². The average Bonchev–Trinajstić information content (AvgIpc) is 2.99. The summed E-state index contributed by atoms with van der Waals surface area (Å²) in [5, 5.41) is 11.4. The summed E-state index contributed by atoms with van der Waals surface area (Å²) in [4.78, 5) is 37.7. The highest BCUT2D eigenvalue weighted by atomic mass is 32.2. The number of amides is 2. The molecule has 1 aromatic rings. The van der Waals surface area contributed by atoms with E-state index in [9.17, 15) is 14.4 Å². The molecule has 1 heterocycles. The van der Waals surface area contributed by atoms with Gasteiger partial charge in [0.25, 0.3) is 0 Å². The molecule has 0 aromatic heterocycles. The first-order chi connectivity index (χ1) is 12.0. The maximum absolute atomic E-state index is 12.2. The lowest BCUT2D eigenvalue weighted by atomic mass is 10.1. The highest BCUT2D eigenvalue weighted by Gasteiger charge is 2.34. The van der Waals surface area contributed by atoms with Gasteiger partial charge < -0.3 is 15.3 Å². The fourth-order valence-electron chi connectivity index (χ4n) is 2.83. The zero-order valence-electron chi connectivity index (χ0n) is 14.4. The summed E-state index contributed by atoms with van der Waals surface area (Å²) in [5.41, 5.74) is 0.826. The molecule has 7 heteroatoms. The number of carboxylic acid groups (broad SMARTS) is 1. The Morgan fingerprint density at radius 3 is 2.60 bits per heavy atom. The standard InChI is InChI=1S/C18H24N2O4S/c1-25-15-8-6-14(7-9-15)20-12-13(11-16(20)21)18(24)19-10-4-2-3-5-17(22)23/h6-9,13H,2-5,10-12H2,1H3,(H,19,24)(H,22,23). The van der Waals surface area contributed by atoms with Crippen LogP contribution in [0.3, 0.4) is 0 Å². The molecule has 1 saturated heterocycles. The molecule has 0 saturated carbocycles. The smallest absolute Gasteiger partial charge is 0.303 e. The van der Waals surface area contributed by atoms with E-state index in [1.165, 1.54) is 0 Å². The van der Waals surface area contributed by atoms with Gasteiger partial charge in [-0.05, 0) is 43.4 Å². The number of benzene rings is 1. The Bertz CT molecular complexity index is 618. The van der Waals surface area contributed by atoms with Crippen molar-refractivity contribution in [3.8, 4) is 0 Å². The molecule has 1 aromatic carbocycles. The number of carbonyl (C=O) groups is 3. The van der Waals surface area contributed by atoms with Crippen molar-refractivity contribution in [2.75, 3.05) is 24.2 Å². The fourth-order valence-corrected chi connectivity index (χ4v) is 3.24. The summed E-state index contributed by atoms with van der Waals surface area (Å²) in [6.07, 6.45) is 4.53. The molecule has 1 aliphatic heterocycles. The number of anilines is 1. The molecule has 136 valence electrons. The topological polar surface area (TPSA) is 86.7 Å². The van der Waals surface area contributed by atoms with E-state index < -0.39 is 5.97 Å². The number of nitrogens with one attached hydrogen (secondary N) is 1. The number of thioether (sulfide) groups is 1. The van der Waals surface area contributed by atoms with Crippen molar-refractivity contribution in [3.63, 3.8) is 0 Å². The second-order valence-electron chi connectivity index (χ2n) is 6.10. The quantitative estimate of drug-likeness (QED) is 0.519. The van der Waals surface area contributed by atoms with Crippen molar-refractivity contribution in [3.05, 3.63) is 24.3 Å². The highest BCUT2D eigenvalue weighted by molar-refractivity contribution is 7.98. The number of nitrogens with zero attached hydrogens (tertiary/aromatic N) is 1. The molecule has 0 spiro atoms. The Hall–Kier alpha value is -2.02. The molecule has 1 atom stereocenters. The normalized spacial score (nSPS) is 16.9. The monoisotopic (exact) mass is 364 g/mol. The van der Waals surface area contributed by atoms with Gasteiger partial charge in [0.15, 0.2) is 0 Å². The Labute approximate surface area is 152 Å². The molecule has 25 heavy (non-hydrogen) atoms. The van der Waals surface area contributed by atoms with Gasteiger partial charge in [-0.15, -0.1) is 11.8 Å². The minimum Gasteiger partial charge on any atom is -0.481 e. The maximum atomic E-state index is 12.2. The van der Waals surface area contributed by atoms with Crippen molar-refractivity contribution in [1.82, 2.24) is 5.32 Å². The second kappa shape index (κ2) is 9.46. The van der Waals surface area contributed by atoms with E-state index >= 15 is 0 Å². The lowest BCUT2D eigenvalue weighted by Gasteiger charge is -2.17. The van der Waals surface area contributed by atoms with E-state index in [-0.39, 0.29) is 30.6 Å². The lowest BCUT2D eigenvalue weighted by Crippen LogP contribution is -2.33. The predicted octanol–water partition coefficient (Wildman–Crippen LogP) is 2.52. The number of rotatable bonds is 9. The van der Waals surface area contributed by atoms with Crippen molar-refractivity contribution in [2.45, 2.75) is 37.0 Å². The van der Waals surface area contributed by atoms with E-state index in [0.717, 1.165) is 23.4 Å². The first kappa shape index (κ1) is 19.3. The van der Waals surface area contributed by atoms with Crippen LogP contribution in [0.2, 0.25) is 0 Å². The molecular formula is C18H24N2O4S. The van der Waals surface area contributed by atoms with Crippen LogP contribution in [-0.4, -0.2) is 42.2 Å². The first-order valence-electron chi connectivity index (χ1n) is 8.45. The molecule has 6 nitrogen and oxygen atoms in total. The number of carbonyl (C=O) groups excluding carboxylic acids is 2. The Kier molecular flexibility index (Phi) is 7.31. The van der Waals surface area contributed by atoms with Crippen LogP contribution in [0.25, 0.3) is 0 Å². The number of unbranched alkanes of at least 4 members (excludes halogenated alkanes) is 2. The molecule has 0 aliphatic carbocycles. The van der Waals surface area contributed by atoms with Gasteiger partial charge in [0.2, 0.25) is 11.8 Å². The van der Waals surface area contributed by atoms with Crippen LogP contribution < -0.4 is 10.2 Å². The third kappa shape index (κ3) is 5.77. The Balaban J connectivity index is 1.76. The Morgan fingerprint density at radius 2 is 1.96 bits per heavy atom. The van der Waals surface area contributed by atoms with E-state index in [0.29, 0.717) is 19.5 Å². The molecule has 0 radical (unpaired) electrons. The van der Waals surface area contributed by atoms with E-state index in [4.69, 9.17) is 5.11 Å². The van der Waals surface area contributed by atoms with Crippen LogP contribution in [0, 0.1) is 5.92 Å². The van der Waals surface area contributed by atoms with Gasteiger partial charge in [-0.2, -0.15) is 0 Å². The van der Waals surface area contributed by atoms with Crippen molar-refractivity contribution in [2.24, 2.45) is 5.92 Å². The summed E-state index contributed by atoms with van der Waals surface area (Å²) < 4.78 is 0. The largest absolute Gasteiger partial charge is 0.481 e. The van der Waals surface area contributed by atoms with Gasteiger partial charge >= 0.3 is 5.97 Å². The van der Waals surface area contributed by atoms with E-state index in [1.807, 2.05) is 30.5 Å². The lowest BCUT2D eigenvalue weighted by molar-refractivity contribution is -0.137. The molecule has 1 fully saturated rings. The number of hydrogen-bond acceptors (Lipinski definition) is 4. The summed E-state index contributed by atoms with van der Waals surface area (Å²) in [6, 6.07) is 7.76. The minimum absolute atomic E-state index is 0.0292. The van der Waals surface area contributed by atoms with Crippen LogP contribution >= 0.6 is 11.8 Å². The van der Waals surface area contributed by atoms with Crippen LogP contribution in [0.1, 0.15) is 32.1 Å². The predicted molar refractivity (Wildman–Crippen MR) is 97.8 cm³/mol. The van der Waals surface area contributed by atoms with Crippen molar-refractivity contribution >= 4 is 35.2 Å². The summed E-state index contributed by atoms with van der Waals surface area (Å²) in [5.74, 6) is -1.25. The minimum atomic E-state index is -0.792. The van der Waals surface area contributed by atoms with Gasteiger partial charge in [0, 0.05) is 36.5 Å². The third-order valence-electron chi connectivity index (χ3n) is 4.25. The van der Waals surface area contributed by atoms with Crippen molar-refractivity contribution in [1.29, 1.82) is 0 Å². The molecule has 1 aliphatic rings. The SMILES string of the molecule is CSc1ccc(N2CC(C(=O)NCCCCCC(=O)O)CC2=O)cc1. The molecule has 2 rings (SSSR count). The summed E-state index contributed by atoms with van der Waals surface area (Å²) in [7, 11) is 0. The maximum Gasteiger partial charge on any atom is 0.303 e. The molecule has 0 bridgehead atoms. The van der Waals surface area contributed by atoms with Gasteiger partial charge in [0.1, 0.15) is 0 Å². The number of carboxylic acids is 1. The molecule has 2 amide bonds. The highest BCUT2D eigenvalue weighted by Crippen LogP contribution is 2.27. The first-order valence-corrected chi connectivity index (χ1v) is 9.67. The average molecular weight is 364 g/mol. The molecule has 2 N–H and O–H groups in total. The van der Waals surface area contributed by atoms with Crippen LogP contribution in [0.5, 0.6) is 0 Å². The van der Waals surface area contributed by atoms with E-state index in [1.54, 1.807) is 16.7 Å². The van der Waals surface area contributed by atoms with Crippen LogP contribution in [-0.2, 0) is 14.4 Å². The van der Waals surface area contributed by atoms with Gasteiger partial charge in [-0.1, -0.05) is 6.42 Å². The van der Waals surface area contributed by atoms with Gasteiger partial charge in [0.05, 0.1) is 5.92 Å². The van der Waals surface area contributed by atoms with Gasteiger partial charge in [-0.25, -0.2) is 0 Å². The van der Waals surface area contributed by atoms with Crippen molar-refractivity contribution < 1.29 is 19.5 Å². The third-order valence-corrected chi connectivity index (χ3v) is 4.99. The van der Waals surface area contributed by atoms with E-state index in [2.05, 4.69) is 5.32 Å². The summed E-state index contributed by atoms with van der Waals surface area (Å²) >= 11 is 1.64.